The third-order valence-corrected chi connectivity index (χ3v) is 7.25. The third-order valence-electron chi connectivity index (χ3n) is 7.25. The van der Waals surface area contributed by atoms with Crippen LogP contribution in [0.3, 0.4) is 0 Å². The Morgan fingerprint density at radius 1 is 0.950 bits per heavy atom. The molecule has 40 heavy (non-hydrogen) atoms. The maximum Gasteiger partial charge on any atom is 0.309 e. The molecule has 4 aromatic rings. The van der Waals surface area contributed by atoms with Crippen molar-refractivity contribution in [1.82, 2.24) is 30.2 Å². The van der Waals surface area contributed by atoms with Gasteiger partial charge >= 0.3 is 5.97 Å². The van der Waals surface area contributed by atoms with Gasteiger partial charge in [-0.15, -0.1) is 0 Å². The topological polar surface area (TPSA) is 118 Å². The van der Waals surface area contributed by atoms with Gasteiger partial charge in [0.15, 0.2) is 5.82 Å². The van der Waals surface area contributed by atoms with Crippen molar-refractivity contribution in [3.8, 4) is 11.5 Å². The molecule has 2 saturated heterocycles. The lowest BCUT2D eigenvalue weighted by atomic mass is 9.96. The van der Waals surface area contributed by atoms with E-state index in [9.17, 15) is 4.79 Å². The van der Waals surface area contributed by atoms with Gasteiger partial charge in [0.05, 0.1) is 5.92 Å². The number of nitrogens with zero attached hydrogens (tertiary/aromatic N) is 6. The molecule has 2 fully saturated rings. The minimum absolute atomic E-state index is 0.00213. The van der Waals surface area contributed by atoms with Crippen molar-refractivity contribution in [2.75, 3.05) is 36.4 Å². The quantitative estimate of drug-likeness (QED) is 0.323. The normalized spacial score (nSPS) is 15.9. The van der Waals surface area contributed by atoms with Crippen molar-refractivity contribution in [1.29, 1.82) is 0 Å². The maximum atomic E-state index is 12.4. The third kappa shape index (κ3) is 6.23. The molecule has 0 bridgehead atoms. The first kappa shape index (κ1) is 25.8. The fourth-order valence-corrected chi connectivity index (χ4v) is 4.89. The van der Waals surface area contributed by atoms with E-state index in [0.717, 1.165) is 61.7 Å². The minimum atomic E-state index is -0.0401. The summed E-state index contributed by atoms with van der Waals surface area (Å²) in [4.78, 5) is 37.3. The van der Waals surface area contributed by atoms with Crippen molar-refractivity contribution < 1.29 is 9.53 Å². The first-order chi connectivity index (χ1) is 19.6. The van der Waals surface area contributed by atoms with Gasteiger partial charge in [-0.2, -0.15) is 0 Å². The Hall–Kier alpha value is -4.44. The van der Waals surface area contributed by atoms with Gasteiger partial charge in [-0.1, -0.05) is 18.2 Å². The van der Waals surface area contributed by atoms with Gasteiger partial charge in [-0.25, -0.2) is 24.9 Å². The molecule has 0 aliphatic carbocycles. The van der Waals surface area contributed by atoms with Crippen LogP contribution in [0.2, 0.25) is 0 Å². The van der Waals surface area contributed by atoms with Crippen LogP contribution in [-0.2, 0) is 16.0 Å². The number of nitrogens with one attached hydrogen (secondary N) is 2. The number of carbonyl (C=O) groups is 1. The number of pyridine rings is 1. The summed E-state index contributed by atoms with van der Waals surface area (Å²) in [6.45, 7) is 5.20. The summed E-state index contributed by atoms with van der Waals surface area (Å²) in [5.74, 6) is 2.54. The van der Waals surface area contributed by atoms with E-state index in [1.165, 1.54) is 0 Å². The van der Waals surface area contributed by atoms with Gasteiger partial charge in [-0.05, 0) is 61.7 Å². The van der Waals surface area contributed by atoms with Crippen LogP contribution in [0.25, 0.3) is 11.5 Å². The SMILES string of the molecule is Cc1cccc(-c2nccc(Nc3ccnc(Cc4ccc(N5CCC(C(=O)OC6CNC6)CC5)cc4)n3)n2)n1. The highest BCUT2D eigenvalue weighted by atomic mass is 16.5. The first-order valence-corrected chi connectivity index (χ1v) is 13.7. The molecule has 2 aliphatic rings. The number of benzene rings is 1. The van der Waals surface area contributed by atoms with Crippen molar-refractivity contribution in [2.45, 2.75) is 32.3 Å². The van der Waals surface area contributed by atoms with Gasteiger partial charge in [-0.3, -0.25) is 4.79 Å². The van der Waals surface area contributed by atoms with Crippen molar-refractivity contribution in [3.63, 3.8) is 0 Å². The Morgan fingerprint density at radius 3 is 2.42 bits per heavy atom. The second-order valence-electron chi connectivity index (χ2n) is 10.2. The summed E-state index contributed by atoms with van der Waals surface area (Å²) in [5, 5.41) is 6.40. The Balaban J connectivity index is 1.04. The van der Waals surface area contributed by atoms with E-state index in [-0.39, 0.29) is 18.0 Å². The van der Waals surface area contributed by atoms with E-state index in [1.54, 1.807) is 18.5 Å². The van der Waals surface area contributed by atoms with Gasteiger partial charge in [0.2, 0.25) is 0 Å². The van der Waals surface area contributed by atoms with Crippen LogP contribution in [0, 0.1) is 12.8 Å². The lowest BCUT2D eigenvalue weighted by molar-refractivity contribution is -0.157. The van der Waals surface area contributed by atoms with Gasteiger partial charge in [0.25, 0.3) is 0 Å². The molecular formula is C30H32N8O2. The number of ether oxygens (including phenoxy) is 1. The molecule has 10 heteroatoms. The number of piperidine rings is 1. The highest BCUT2D eigenvalue weighted by Gasteiger charge is 2.30. The summed E-state index contributed by atoms with van der Waals surface area (Å²) < 4.78 is 5.56. The number of carbonyl (C=O) groups excluding carboxylic acids is 1. The molecule has 5 heterocycles. The molecule has 0 saturated carbocycles. The number of esters is 1. The molecule has 0 amide bonds. The maximum absolute atomic E-state index is 12.4. The number of rotatable bonds is 8. The zero-order valence-corrected chi connectivity index (χ0v) is 22.5. The molecule has 0 unspecified atom stereocenters. The molecule has 6 rings (SSSR count). The summed E-state index contributed by atoms with van der Waals surface area (Å²) in [7, 11) is 0. The van der Waals surface area contributed by atoms with Crippen molar-refractivity contribution >= 4 is 23.3 Å². The molecule has 0 atom stereocenters. The van der Waals surface area contributed by atoms with Crippen LogP contribution in [0.4, 0.5) is 17.3 Å². The highest BCUT2D eigenvalue weighted by molar-refractivity contribution is 5.73. The van der Waals surface area contributed by atoms with E-state index >= 15 is 0 Å². The summed E-state index contributed by atoms with van der Waals surface area (Å²) in [6, 6.07) is 17.9. The standard InChI is InChI=1S/C30H32N8O2/c1-20-3-2-4-25(34-20)29-33-14-10-27(37-29)35-26-9-13-32-28(36-26)17-21-5-7-23(8-6-21)38-15-11-22(12-16-38)30(39)40-24-18-31-19-24/h2-10,13-14,22,24,31H,11-12,15-19H2,1H3,(H,32,33,35,36,37). The van der Waals surface area contributed by atoms with Crippen molar-refractivity contribution in [2.24, 2.45) is 5.92 Å². The second-order valence-corrected chi connectivity index (χ2v) is 10.2. The van der Waals surface area contributed by atoms with Crippen molar-refractivity contribution in [3.05, 3.63) is 84.1 Å². The second kappa shape index (κ2) is 11.7. The van der Waals surface area contributed by atoms with E-state index in [4.69, 9.17) is 9.72 Å². The fourth-order valence-electron chi connectivity index (χ4n) is 4.89. The lowest BCUT2D eigenvalue weighted by Gasteiger charge is -2.34. The van der Waals surface area contributed by atoms with Crippen LogP contribution in [-0.4, -0.2) is 63.2 Å². The zero-order valence-electron chi connectivity index (χ0n) is 22.5. The van der Waals surface area contributed by atoms with E-state index in [1.807, 2.05) is 31.2 Å². The Kier molecular flexibility index (Phi) is 7.58. The minimum Gasteiger partial charge on any atom is -0.459 e. The smallest absolute Gasteiger partial charge is 0.309 e. The lowest BCUT2D eigenvalue weighted by Crippen LogP contribution is -2.50. The van der Waals surface area contributed by atoms with Crippen LogP contribution in [0.5, 0.6) is 0 Å². The molecule has 3 aromatic heterocycles. The fraction of sp³-hybridized carbons (Fsp3) is 0.333. The molecule has 204 valence electrons. The number of anilines is 3. The summed E-state index contributed by atoms with van der Waals surface area (Å²) in [6.07, 6.45) is 5.77. The van der Waals surface area contributed by atoms with E-state index < -0.39 is 0 Å². The van der Waals surface area contributed by atoms with E-state index in [2.05, 4.69) is 59.7 Å². The number of hydrogen-bond donors (Lipinski definition) is 2. The monoisotopic (exact) mass is 536 g/mol. The van der Waals surface area contributed by atoms with Gasteiger partial charge < -0.3 is 20.3 Å². The first-order valence-electron chi connectivity index (χ1n) is 13.7. The molecular weight excluding hydrogens is 504 g/mol. The van der Waals surface area contributed by atoms with Crippen LogP contribution < -0.4 is 15.5 Å². The van der Waals surface area contributed by atoms with E-state index in [0.29, 0.717) is 29.7 Å². The summed E-state index contributed by atoms with van der Waals surface area (Å²) >= 11 is 0. The molecule has 2 aliphatic heterocycles. The Labute approximate surface area is 233 Å². The van der Waals surface area contributed by atoms with Gasteiger partial charge in [0, 0.05) is 56.4 Å². The zero-order chi connectivity index (χ0) is 27.3. The molecule has 1 aromatic carbocycles. The Bertz CT molecular complexity index is 1470. The molecule has 0 radical (unpaired) electrons. The summed E-state index contributed by atoms with van der Waals surface area (Å²) in [5.41, 5.74) is 3.93. The number of aryl methyl sites for hydroxylation is 1. The average molecular weight is 537 g/mol. The predicted molar refractivity (Wildman–Crippen MR) is 152 cm³/mol. The average Bonchev–Trinajstić information content (AvgIpc) is 2.96. The van der Waals surface area contributed by atoms with Gasteiger partial charge in [0.1, 0.15) is 29.3 Å². The largest absolute Gasteiger partial charge is 0.459 e. The Morgan fingerprint density at radius 2 is 1.70 bits per heavy atom. The predicted octanol–water partition coefficient (Wildman–Crippen LogP) is 3.70. The molecule has 0 spiro atoms. The highest BCUT2D eigenvalue weighted by Crippen LogP contribution is 2.25. The molecule has 10 nitrogen and oxygen atoms in total. The number of aromatic nitrogens is 5. The van der Waals surface area contributed by atoms with Crippen LogP contribution >= 0.6 is 0 Å². The number of hydrogen-bond acceptors (Lipinski definition) is 10. The van der Waals surface area contributed by atoms with Crippen LogP contribution in [0.15, 0.2) is 67.0 Å². The van der Waals surface area contributed by atoms with Crippen LogP contribution in [0.1, 0.15) is 29.9 Å². The molecule has 2 N–H and O–H groups in total.